The Morgan fingerprint density at radius 1 is 1.43 bits per heavy atom. The van der Waals surface area contributed by atoms with Crippen LogP contribution in [0.15, 0.2) is 23.1 Å². The first-order valence-electron chi connectivity index (χ1n) is 6.02. The third-order valence-corrected chi connectivity index (χ3v) is 4.53. The summed E-state index contributed by atoms with van der Waals surface area (Å²) in [5.74, 6) is -0.964. The fourth-order valence-corrected chi connectivity index (χ4v) is 3.22. The number of nitriles is 1. The molecular weight excluding hydrogens is 316 g/mol. The van der Waals surface area contributed by atoms with Crippen LogP contribution < -0.4 is 4.72 Å². The smallest absolute Gasteiger partial charge is 0.324 e. The number of hydrogen-bond donors (Lipinski definition) is 1. The van der Waals surface area contributed by atoms with E-state index >= 15 is 0 Å². The molecule has 0 aliphatic rings. The Labute approximate surface area is 128 Å². The summed E-state index contributed by atoms with van der Waals surface area (Å²) in [6, 6.07) is 4.55. The molecule has 0 spiro atoms. The number of hydrogen-bond acceptors (Lipinski definition) is 5. The Bertz CT molecular complexity index is 680. The lowest BCUT2D eigenvalue weighted by Gasteiger charge is -2.19. The Balaban J connectivity index is 3.14. The van der Waals surface area contributed by atoms with Gasteiger partial charge in [-0.15, -0.1) is 0 Å². The second-order valence-electron chi connectivity index (χ2n) is 4.62. The topological polar surface area (TPSA) is 96.3 Å². The lowest BCUT2D eigenvalue weighted by Crippen LogP contribution is -2.44. The highest BCUT2D eigenvalue weighted by Crippen LogP contribution is 2.21. The third kappa shape index (κ3) is 4.17. The Kier molecular flexibility index (Phi) is 5.72. The molecule has 0 heterocycles. The molecule has 1 rings (SSSR count). The molecule has 8 heteroatoms. The standard InChI is InChI=1S/C13H15ClN2O4S/c1-8(2)12(13(17)20-3)16-21(18,19)10-5-4-9(7-15)11(14)6-10/h4-6,8,12,16H,1-3H3/t12-/m0/s1. The molecule has 21 heavy (non-hydrogen) atoms. The van der Waals surface area contributed by atoms with E-state index in [-0.39, 0.29) is 21.4 Å². The van der Waals surface area contributed by atoms with Gasteiger partial charge in [0, 0.05) is 0 Å². The third-order valence-electron chi connectivity index (χ3n) is 2.78. The predicted molar refractivity (Wildman–Crippen MR) is 77.1 cm³/mol. The Hall–Kier alpha value is -1.62. The molecule has 1 N–H and O–H groups in total. The van der Waals surface area contributed by atoms with Crippen LogP contribution >= 0.6 is 11.6 Å². The van der Waals surface area contributed by atoms with E-state index in [1.165, 1.54) is 19.2 Å². The van der Waals surface area contributed by atoms with E-state index in [4.69, 9.17) is 16.9 Å². The second-order valence-corrected chi connectivity index (χ2v) is 6.74. The second kappa shape index (κ2) is 6.89. The number of rotatable bonds is 5. The summed E-state index contributed by atoms with van der Waals surface area (Å²) >= 11 is 5.82. The molecule has 6 nitrogen and oxygen atoms in total. The molecule has 1 aromatic rings. The van der Waals surface area contributed by atoms with Crippen molar-refractivity contribution in [1.82, 2.24) is 4.72 Å². The molecule has 0 saturated carbocycles. The molecule has 0 fully saturated rings. The molecule has 0 aliphatic heterocycles. The van der Waals surface area contributed by atoms with Gasteiger partial charge in [0.05, 0.1) is 22.6 Å². The zero-order valence-electron chi connectivity index (χ0n) is 11.8. The van der Waals surface area contributed by atoms with Crippen LogP contribution in [-0.2, 0) is 19.6 Å². The predicted octanol–water partition coefficient (Wildman–Crippen LogP) is 1.69. The van der Waals surface area contributed by atoms with Gasteiger partial charge in [-0.2, -0.15) is 9.98 Å². The van der Waals surface area contributed by atoms with E-state index in [1.807, 2.05) is 6.07 Å². The van der Waals surface area contributed by atoms with Crippen LogP contribution in [0.5, 0.6) is 0 Å². The Morgan fingerprint density at radius 2 is 2.05 bits per heavy atom. The van der Waals surface area contributed by atoms with E-state index in [2.05, 4.69) is 9.46 Å². The average molecular weight is 331 g/mol. The fraction of sp³-hybridized carbons (Fsp3) is 0.385. The van der Waals surface area contributed by atoms with Gasteiger partial charge < -0.3 is 4.74 Å². The van der Waals surface area contributed by atoms with E-state index in [9.17, 15) is 13.2 Å². The van der Waals surface area contributed by atoms with Crippen LogP contribution in [0.3, 0.4) is 0 Å². The quantitative estimate of drug-likeness (QED) is 0.829. The van der Waals surface area contributed by atoms with Crippen LogP contribution in [0.1, 0.15) is 19.4 Å². The van der Waals surface area contributed by atoms with Crippen molar-refractivity contribution in [3.8, 4) is 6.07 Å². The van der Waals surface area contributed by atoms with E-state index in [0.717, 1.165) is 6.07 Å². The van der Waals surface area contributed by atoms with Gasteiger partial charge in [-0.25, -0.2) is 8.42 Å². The number of esters is 1. The van der Waals surface area contributed by atoms with Crippen LogP contribution in [0.25, 0.3) is 0 Å². The molecular formula is C13H15ClN2O4S. The highest BCUT2D eigenvalue weighted by Gasteiger charge is 2.29. The van der Waals surface area contributed by atoms with Crippen LogP contribution in [-0.4, -0.2) is 27.5 Å². The molecule has 0 aliphatic carbocycles. The van der Waals surface area contributed by atoms with Gasteiger partial charge in [-0.05, 0) is 24.1 Å². The molecule has 0 aromatic heterocycles. The van der Waals surface area contributed by atoms with E-state index < -0.39 is 22.0 Å². The van der Waals surface area contributed by atoms with Gasteiger partial charge in [0.25, 0.3) is 0 Å². The number of sulfonamides is 1. The van der Waals surface area contributed by atoms with Gasteiger partial charge in [0.15, 0.2) is 0 Å². The molecule has 0 bridgehead atoms. The normalized spacial score (nSPS) is 12.8. The Morgan fingerprint density at radius 3 is 2.48 bits per heavy atom. The van der Waals surface area contributed by atoms with Gasteiger partial charge in [-0.3, -0.25) is 4.79 Å². The van der Waals surface area contributed by atoms with Gasteiger partial charge >= 0.3 is 5.97 Å². The van der Waals surface area contributed by atoms with Crippen molar-refractivity contribution in [3.05, 3.63) is 28.8 Å². The van der Waals surface area contributed by atoms with Crippen molar-refractivity contribution >= 4 is 27.6 Å². The maximum Gasteiger partial charge on any atom is 0.324 e. The van der Waals surface area contributed by atoms with Crippen molar-refractivity contribution < 1.29 is 17.9 Å². The van der Waals surface area contributed by atoms with E-state index in [0.29, 0.717) is 0 Å². The van der Waals surface area contributed by atoms with Crippen LogP contribution in [0, 0.1) is 17.2 Å². The zero-order chi connectivity index (χ0) is 16.2. The van der Waals surface area contributed by atoms with E-state index in [1.54, 1.807) is 13.8 Å². The average Bonchev–Trinajstić information content (AvgIpc) is 2.43. The minimum Gasteiger partial charge on any atom is -0.468 e. The number of carbonyl (C=O) groups excluding carboxylic acids is 1. The molecule has 0 saturated heterocycles. The van der Waals surface area contributed by atoms with Gasteiger partial charge in [0.2, 0.25) is 10.0 Å². The lowest BCUT2D eigenvalue weighted by atomic mass is 10.1. The van der Waals surface area contributed by atoms with Crippen molar-refractivity contribution in [2.24, 2.45) is 5.92 Å². The lowest BCUT2D eigenvalue weighted by molar-refractivity contribution is -0.143. The summed E-state index contributed by atoms with van der Waals surface area (Å²) in [5, 5.41) is 8.80. The van der Waals surface area contributed by atoms with Crippen molar-refractivity contribution in [3.63, 3.8) is 0 Å². The number of benzene rings is 1. The minimum atomic E-state index is -3.95. The first kappa shape index (κ1) is 17.4. The molecule has 1 aromatic carbocycles. The monoisotopic (exact) mass is 330 g/mol. The molecule has 114 valence electrons. The van der Waals surface area contributed by atoms with Gasteiger partial charge in [-0.1, -0.05) is 25.4 Å². The number of halogens is 1. The summed E-state index contributed by atoms with van der Waals surface area (Å²) in [6.45, 7) is 3.38. The summed E-state index contributed by atoms with van der Waals surface area (Å²) in [4.78, 5) is 11.5. The van der Waals surface area contributed by atoms with Gasteiger partial charge in [0.1, 0.15) is 12.1 Å². The van der Waals surface area contributed by atoms with Crippen LogP contribution in [0.4, 0.5) is 0 Å². The fourth-order valence-electron chi connectivity index (χ4n) is 1.57. The molecule has 0 amide bonds. The first-order chi connectivity index (χ1) is 9.72. The number of ether oxygens (including phenoxy) is 1. The molecule has 1 atom stereocenters. The summed E-state index contributed by atoms with van der Waals surface area (Å²) in [6.07, 6.45) is 0. The van der Waals surface area contributed by atoms with Crippen molar-refractivity contribution in [2.45, 2.75) is 24.8 Å². The highest BCUT2D eigenvalue weighted by atomic mass is 35.5. The maximum atomic E-state index is 12.3. The summed E-state index contributed by atoms with van der Waals surface area (Å²) < 4.78 is 31.4. The van der Waals surface area contributed by atoms with Crippen LogP contribution in [0.2, 0.25) is 5.02 Å². The maximum absolute atomic E-state index is 12.3. The van der Waals surface area contributed by atoms with Crippen molar-refractivity contribution in [1.29, 1.82) is 5.26 Å². The van der Waals surface area contributed by atoms with Crippen molar-refractivity contribution in [2.75, 3.05) is 7.11 Å². The minimum absolute atomic E-state index is 0.0274. The number of nitrogens with one attached hydrogen (secondary N) is 1. The first-order valence-corrected chi connectivity index (χ1v) is 7.89. The molecule has 0 radical (unpaired) electrons. The SMILES string of the molecule is COC(=O)[C@@H](NS(=O)(=O)c1ccc(C#N)c(Cl)c1)C(C)C. The summed E-state index contributed by atoms with van der Waals surface area (Å²) in [5.41, 5.74) is 0.170. The number of nitrogens with zero attached hydrogens (tertiary/aromatic N) is 1. The largest absolute Gasteiger partial charge is 0.468 e. The zero-order valence-corrected chi connectivity index (χ0v) is 13.3. The summed E-state index contributed by atoms with van der Waals surface area (Å²) in [7, 11) is -2.77. The highest BCUT2D eigenvalue weighted by molar-refractivity contribution is 7.89. The number of carbonyl (C=O) groups is 1. The number of methoxy groups -OCH3 is 1. The molecule has 0 unspecified atom stereocenters.